The Labute approximate surface area is 128 Å². The molecule has 5 nitrogen and oxygen atoms in total. The number of likely N-dealkylation sites (tertiary alicyclic amines) is 1. The summed E-state index contributed by atoms with van der Waals surface area (Å²) in [6.07, 6.45) is 2.10. The SMILES string of the molecule is Cc1cc(C)n(C2CCCN(C(=O)c3scnc3C)C2)n1. The summed E-state index contributed by atoms with van der Waals surface area (Å²) in [4.78, 5) is 19.5. The number of rotatable bonds is 2. The number of carbonyl (C=O) groups excluding carboxylic acids is 1. The first-order valence-electron chi connectivity index (χ1n) is 7.28. The van der Waals surface area contributed by atoms with Crippen molar-refractivity contribution in [3.05, 3.63) is 33.5 Å². The molecule has 3 rings (SSSR count). The third-order valence-electron chi connectivity index (χ3n) is 4.01. The molecule has 1 saturated heterocycles. The summed E-state index contributed by atoms with van der Waals surface area (Å²) >= 11 is 1.43. The summed E-state index contributed by atoms with van der Waals surface area (Å²) in [7, 11) is 0. The quantitative estimate of drug-likeness (QED) is 0.857. The van der Waals surface area contributed by atoms with E-state index in [1.54, 1.807) is 5.51 Å². The summed E-state index contributed by atoms with van der Waals surface area (Å²) in [5.74, 6) is 0.112. The third-order valence-corrected chi connectivity index (χ3v) is 4.93. The number of piperidine rings is 1. The minimum atomic E-state index is 0.112. The molecule has 0 aliphatic carbocycles. The van der Waals surface area contributed by atoms with Gasteiger partial charge in [0.15, 0.2) is 0 Å². The smallest absolute Gasteiger partial charge is 0.265 e. The lowest BCUT2D eigenvalue weighted by molar-refractivity contribution is 0.0675. The van der Waals surface area contributed by atoms with Gasteiger partial charge >= 0.3 is 0 Å². The number of nitrogens with zero attached hydrogens (tertiary/aromatic N) is 4. The number of thiazole rings is 1. The van der Waals surface area contributed by atoms with E-state index in [1.807, 2.05) is 18.7 Å². The maximum atomic E-state index is 12.6. The van der Waals surface area contributed by atoms with Crippen LogP contribution in [0.1, 0.15) is 45.6 Å². The molecule has 2 aromatic heterocycles. The number of carbonyl (C=O) groups is 1. The molecule has 1 aliphatic rings. The van der Waals surface area contributed by atoms with Crippen LogP contribution in [0.25, 0.3) is 0 Å². The molecule has 0 radical (unpaired) electrons. The highest BCUT2D eigenvalue weighted by molar-refractivity contribution is 7.11. The van der Waals surface area contributed by atoms with Crippen molar-refractivity contribution in [2.24, 2.45) is 0 Å². The van der Waals surface area contributed by atoms with Gasteiger partial charge in [0.05, 0.1) is 22.9 Å². The summed E-state index contributed by atoms with van der Waals surface area (Å²) in [6, 6.07) is 2.37. The first-order chi connectivity index (χ1) is 10.1. The van der Waals surface area contributed by atoms with Gasteiger partial charge in [0.1, 0.15) is 4.88 Å². The number of hydrogen-bond donors (Lipinski definition) is 0. The number of aryl methyl sites for hydroxylation is 3. The molecule has 1 unspecified atom stereocenters. The molecule has 2 aromatic rings. The van der Waals surface area contributed by atoms with Crippen LogP contribution in [0.3, 0.4) is 0 Å². The van der Waals surface area contributed by atoms with Crippen LogP contribution in [0.4, 0.5) is 0 Å². The van der Waals surface area contributed by atoms with Gasteiger partial charge in [-0.1, -0.05) is 0 Å². The molecular weight excluding hydrogens is 284 g/mol. The van der Waals surface area contributed by atoms with Gasteiger partial charge in [-0.3, -0.25) is 9.48 Å². The van der Waals surface area contributed by atoms with E-state index in [2.05, 4.69) is 27.8 Å². The van der Waals surface area contributed by atoms with Crippen LogP contribution >= 0.6 is 11.3 Å². The summed E-state index contributed by atoms with van der Waals surface area (Å²) in [5.41, 5.74) is 4.78. The highest BCUT2D eigenvalue weighted by Gasteiger charge is 2.28. The van der Waals surface area contributed by atoms with Crippen LogP contribution in [0.5, 0.6) is 0 Å². The monoisotopic (exact) mass is 304 g/mol. The number of amides is 1. The second-order valence-electron chi connectivity index (χ2n) is 5.69. The minimum Gasteiger partial charge on any atom is -0.336 e. The van der Waals surface area contributed by atoms with Crippen molar-refractivity contribution in [2.75, 3.05) is 13.1 Å². The molecule has 0 bridgehead atoms. The Balaban J connectivity index is 1.79. The van der Waals surface area contributed by atoms with Crippen LogP contribution in [0.2, 0.25) is 0 Å². The summed E-state index contributed by atoms with van der Waals surface area (Å²) in [5, 5.41) is 4.58. The normalized spacial score (nSPS) is 19.0. The van der Waals surface area contributed by atoms with Crippen molar-refractivity contribution in [1.82, 2.24) is 19.7 Å². The van der Waals surface area contributed by atoms with E-state index in [9.17, 15) is 4.79 Å². The Morgan fingerprint density at radius 3 is 2.81 bits per heavy atom. The van der Waals surface area contributed by atoms with Crippen LogP contribution in [0, 0.1) is 20.8 Å². The highest BCUT2D eigenvalue weighted by atomic mass is 32.1. The van der Waals surface area contributed by atoms with Gasteiger partial charge in [-0.15, -0.1) is 11.3 Å². The molecule has 0 spiro atoms. The molecule has 3 heterocycles. The Kier molecular flexibility index (Phi) is 3.80. The lowest BCUT2D eigenvalue weighted by Gasteiger charge is -2.33. The van der Waals surface area contributed by atoms with Gasteiger partial charge in [-0.05, 0) is 39.7 Å². The lowest BCUT2D eigenvalue weighted by Crippen LogP contribution is -2.41. The van der Waals surface area contributed by atoms with Crippen molar-refractivity contribution < 1.29 is 4.79 Å². The Morgan fingerprint density at radius 1 is 1.38 bits per heavy atom. The zero-order valence-corrected chi connectivity index (χ0v) is 13.5. The fourth-order valence-electron chi connectivity index (χ4n) is 3.01. The Hall–Kier alpha value is -1.69. The van der Waals surface area contributed by atoms with Crippen LogP contribution < -0.4 is 0 Å². The van der Waals surface area contributed by atoms with Gasteiger partial charge in [0, 0.05) is 18.8 Å². The van der Waals surface area contributed by atoms with Crippen LogP contribution in [-0.2, 0) is 0 Å². The van der Waals surface area contributed by atoms with E-state index in [0.717, 1.165) is 42.2 Å². The van der Waals surface area contributed by atoms with Crippen molar-refractivity contribution in [3.63, 3.8) is 0 Å². The predicted octanol–water partition coefficient (Wildman–Crippen LogP) is 2.74. The molecule has 0 saturated carbocycles. The summed E-state index contributed by atoms with van der Waals surface area (Å²) < 4.78 is 2.08. The predicted molar refractivity (Wildman–Crippen MR) is 82.7 cm³/mol. The minimum absolute atomic E-state index is 0.112. The van der Waals surface area contributed by atoms with Crippen molar-refractivity contribution in [2.45, 2.75) is 39.7 Å². The van der Waals surface area contributed by atoms with Crippen molar-refractivity contribution in [1.29, 1.82) is 0 Å². The first kappa shape index (κ1) is 14.3. The molecule has 0 aromatic carbocycles. The summed E-state index contributed by atoms with van der Waals surface area (Å²) in [6.45, 7) is 7.54. The van der Waals surface area contributed by atoms with Crippen molar-refractivity contribution in [3.8, 4) is 0 Å². The molecular formula is C15H20N4OS. The molecule has 1 fully saturated rings. The zero-order chi connectivity index (χ0) is 15.0. The zero-order valence-electron chi connectivity index (χ0n) is 12.7. The fourth-order valence-corrected chi connectivity index (χ4v) is 3.77. The lowest BCUT2D eigenvalue weighted by atomic mass is 10.1. The van der Waals surface area contributed by atoms with Gasteiger partial charge < -0.3 is 4.90 Å². The Bertz CT molecular complexity index is 660. The van der Waals surface area contributed by atoms with Gasteiger partial charge in [0.25, 0.3) is 5.91 Å². The maximum absolute atomic E-state index is 12.6. The van der Waals surface area contributed by atoms with E-state index in [-0.39, 0.29) is 11.9 Å². The second kappa shape index (κ2) is 5.60. The largest absolute Gasteiger partial charge is 0.336 e. The van der Waals surface area contributed by atoms with E-state index >= 15 is 0 Å². The Morgan fingerprint density at radius 2 is 2.19 bits per heavy atom. The van der Waals surface area contributed by atoms with E-state index in [1.165, 1.54) is 17.0 Å². The molecule has 112 valence electrons. The molecule has 0 N–H and O–H groups in total. The standard InChI is InChI=1S/C15H20N4OS/c1-10-7-11(2)19(17-10)13-5-4-6-18(8-13)15(20)14-12(3)16-9-21-14/h7,9,13H,4-6,8H2,1-3H3. The number of aromatic nitrogens is 3. The molecule has 1 amide bonds. The van der Waals surface area contributed by atoms with Gasteiger partial charge in [-0.25, -0.2) is 4.98 Å². The van der Waals surface area contributed by atoms with Crippen LogP contribution in [-0.4, -0.2) is 38.7 Å². The molecule has 1 atom stereocenters. The average Bonchev–Trinajstić information content (AvgIpc) is 3.03. The maximum Gasteiger partial charge on any atom is 0.265 e. The number of hydrogen-bond acceptors (Lipinski definition) is 4. The van der Waals surface area contributed by atoms with Crippen molar-refractivity contribution >= 4 is 17.2 Å². The topological polar surface area (TPSA) is 51.0 Å². The molecule has 6 heteroatoms. The van der Waals surface area contributed by atoms with E-state index < -0.39 is 0 Å². The van der Waals surface area contributed by atoms with Gasteiger partial charge in [-0.2, -0.15) is 5.10 Å². The second-order valence-corrected chi connectivity index (χ2v) is 6.54. The van der Waals surface area contributed by atoms with E-state index in [4.69, 9.17) is 0 Å². The molecule has 1 aliphatic heterocycles. The van der Waals surface area contributed by atoms with Gasteiger partial charge in [0.2, 0.25) is 0 Å². The first-order valence-corrected chi connectivity index (χ1v) is 8.16. The van der Waals surface area contributed by atoms with E-state index in [0.29, 0.717) is 0 Å². The van der Waals surface area contributed by atoms with Crippen LogP contribution in [0.15, 0.2) is 11.6 Å². The fraction of sp³-hybridized carbons (Fsp3) is 0.533. The highest BCUT2D eigenvalue weighted by Crippen LogP contribution is 2.25. The third kappa shape index (κ3) is 2.72. The average molecular weight is 304 g/mol. The molecule has 21 heavy (non-hydrogen) atoms.